The number of carbonyl (C=O) groups excluding carboxylic acids is 2. The van der Waals surface area contributed by atoms with Crippen molar-refractivity contribution in [3.05, 3.63) is 65.9 Å². The highest BCUT2D eigenvalue weighted by atomic mass is 16.5. The first-order chi connectivity index (χ1) is 14.4. The van der Waals surface area contributed by atoms with E-state index in [1.54, 1.807) is 37.3 Å². The summed E-state index contributed by atoms with van der Waals surface area (Å²) in [7, 11) is 0. The van der Waals surface area contributed by atoms with Crippen LogP contribution in [0.4, 0.5) is 0 Å². The van der Waals surface area contributed by atoms with E-state index >= 15 is 0 Å². The first-order valence-electron chi connectivity index (χ1n) is 9.44. The van der Waals surface area contributed by atoms with Gasteiger partial charge in [-0.1, -0.05) is 30.3 Å². The number of aliphatic carboxylic acids is 1. The van der Waals surface area contributed by atoms with Crippen molar-refractivity contribution in [2.24, 2.45) is 0 Å². The number of benzene rings is 2. The molecule has 30 heavy (non-hydrogen) atoms. The number of amides is 1. The number of hydrogen-bond acceptors (Lipinski definition) is 5. The highest BCUT2D eigenvalue weighted by Gasteiger charge is 2.23. The van der Waals surface area contributed by atoms with Crippen molar-refractivity contribution in [3.8, 4) is 5.75 Å². The van der Waals surface area contributed by atoms with E-state index in [-0.39, 0.29) is 31.0 Å². The number of fused-ring (bicyclic) bond motifs is 1. The number of carboxylic acids is 1. The first kappa shape index (κ1) is 20.9. The van der Waals surface area contributed by atoms with Gasteiger partial charge in [-0.15, -0.1) is 0 Å². The van der Waals surface area contributed by atoms with Gasteiger partial charge in [0.25, 0.3) is 0 Å². The van der Waals surface area contributed by atoms with Crippen LogP contribution in [0.25, 0.3) is 10.9 Å². The van der Waals surface area contributed by atoms with Crippen LogP contribution in [0.15, 0.2) is 54.6 Å². The summed E-state index contributed by atoms with van der Waals surface area (Å²) in [6.07, 6.45) is 0.132. The summed E-state index contributed by atoms with van der Waals surface area (Å²) < 4.78 is 6.51. The molecule has 0 aliphatic rings. The fraction of sp³-hybridized carbons (Fsp3) is 0.227. The molecular formula is C22H22N2O6. The second kappa shape index (κ2) is 9.13. The minimum atomic E-state index is -1.15. The average molecular weight is 410 g/mol. The zero-order valence-electron chi connectivity index (χ0n) is 16.4. The van der Waals surface area contributed by atoms with Crippen molar-refractivity contribution in [2.45, 2.75) is 25.9 Å². The molecule has 0 saturated carbocycles. The van der Waals surface area contributed by atoms with E-state index in [9.17, 15) is 24.6 Å². The van der Waals surface area contributed by atoms with Gasteiger partial charge in [0, 0.05) is 17.3 Å². The maximum absolute atomic E-state index is 12.7. The van der Waals surface area contributed by atoms with Gasteiger partial charge in [0.05, 0.1) is 6.61 Å². The maximum atomic E-state index is 12.7. The Morgan fingerprint density at radius 1 is 1.10 bits per heavy atom. The molecule has 0 aliphatic carbocycles. The molecule has 0 bridgehead atoms. The van der Waals surface area contributed by atoms with Crippen LogP contribution in [0, 0.1) is 0 Å². The average Bonchev–Trinajstić information content (AvgIpc) is 3.05. The number of nitrogens with one attached hydrogen (secondary N) is 1. The van der Waals surface area contributed by atoms with Gasteiger partial charge in [-0.3, -0.25) is 4.79 Å². The van der Waals surface area contributed by atoms with Crippen LogP contribution in [-0.4, -0.2) is 45.3 Å². The van der Waals surface area contributed by atoms with Gasteiger partial charge < -0.3 is 24.8 Å². The summed E-state index contributed by atoms with van der Waals surface area (Å²) in [6.45, 7) is 1.56. The van der Waals surface area contributed by atoms with E-state index in [4.69, 9.17) is 4.74 Å². The Morgan fingerprint density at radius 3 is 2.50 bits per heavy atom. The Morgan fingerprint density at radius 2 is 1.83 bits per heavy atom. The van der Waals surface area contributed by atoms with Gasteiger partial charge in [0.15, 0.2) is 0 Å². The van der Waals surface area contributed by atoms with Gasteiger partial charge in [-0.2, -0.15) is 0 Å². The molecule has 3 N–H and O–H groups in total. The fourth-order valence-electron chi connectivity index (χ4n) is 3.24. The van der Waals surface area contributed by atoms with Gasteiger partial charge in [-0.25, -0.2) is 9.59 Å². The van der Waals surface area contributed by atoms with E-state index in [0.717, 1.165) is 5.56 Å². The summed E-state index contributed by atoms with van der Waals surface area (Å²) in [5.41, 5.74) is 1.46. The van der Waals surface area contributed by atoms with Crippen molar-refractivity contribution in [2.75, 3.05) is 6.61 Å². The number of carbonyl (C=O) groups is 3. The number of phenols is 1. The van der Waals surface area contributed by atoms with E-state index in [1.165, 1.54) is 22.8 Å². The van der Waals surface area contributed by atoms with Crippen molar-refractivity contribution in [3.63, 3.8) is 0 Å². The van der Waals surface area contributed by atoms with Gasteiger partial charge in [0.1, 0.15) is 24.0 Å². The molecule has 3 aromatic rings. The summed E-state index contributed by atoms with van der Waals surface area (Å²) in [4.78, 5) is 36.6. The zero-order chi connectivity index (χ0) is 21.7. The van der Waals surface area contributed by atoms with E-state index in [1.807, 2.05) is 6.07 Å². The third-order valence-electron chi connectivity index (χ3n) is 4.59. The molecule has 1 heterocycles. The third-order valence-corrected chi connectivity index (χ3v) is 4.59. The Kier molecular flexibility index (Phi) is 6.36. The van der Waals surface area contributed by atoms with E-state index in [2.05, 4.69) is 5.32 Å². The summed E-state index contributed by atoms with van der Waals surface area (Å²) in [6, 6.07) is 13.9. The highest BCUT2D eigenvalue weighted by Crippen LogP contribution is 2.24. The highest BCUT2D eigenvalue weighted by molar-refractivity contribution is 5.97. The van der Waals surface area contributed by atoms with Crippen molar-refractivity contribution in [1.82, 2.24) is 9.88 Å². The molecule has 8 nitrogen and oxygen atoms in total. The number of ether oxygens (including phenoxy) is 1. The Balaban J connectivity index is 1.84. The number of hydrogen-bond donors (Lipinski definition) is 3. The predicted octanol–water partition coefficient (Wildman–Crippen LogP) is 2.34. The second-order valence-corrected chi connectivity index (χ2v) is 6.73. The van der Waals surface area contributed by atoms with Crippen LogP contribution in [0.3, 0.4) is 0 Å². The van der Waals surface area contributed by atoms with Gasteiger partial charge in [-0.05, 0) is 36.8 Å². The molecule has 0 spiro atoms. The summed E-state index contributed by atoms with van der Waals surface area (Å²) >= 11 is 0. The zero-order valence-corrected chi connectivity index (χ0v) is 16.4. The SMILES string of the molecule is CCOC(=O)c1cc2cc(O)ccc2n1CC(=O)N[C@@H](Cc1ccccc1)C(=O)O. The molecule has 0 unspecified atom stereocenters. The molecule has 0 saturated heterocycles. The lowest BCUT2D eigenvalue weighted by Crippen LogP contribution is -2.43. The third kappa shape index (κ3) is 4.78. The van der Waals surface area contributed by atoms with Crippen LogP contribution in [0.1, 0.15) is 23.0 Å². The first-order valence-corrected chi connectivity index (χ1v) is 9.44. The largest absolute Gasteiger partial charge is 0.508 e. The van der Waals surface area contributed by atoms with E-state index in [0.29, 0.717) is 10.9 Å². The standard InChI is InChI=1S/C22H22N2O6/c1-2-30-22(29)19-12-15-11-16(25)8-9-18(15)24(19)13-20(26)23-17(21(27)28)10-14-6-4-3-5-7-14/h3-9,11-12,17,25H,2,10,13H2,1H3,(H,23,26)(H,27,28)/t17-/m0/s1. The molecule has 156 valence electrons. The topological polar surface area (TPSA) is 118 Å². The normalized spacial score (nSPS) is 11.8. The second-order valence-electron chi connectivity index (χ2n) is 6.73. The Hall–Kier alpha value is -3.81. The predicted molar refractivity (Wildman–Crippen MR) is 109 cm³/mol. The lowest BCUT2D eigenvalue weighted by Gasteiger charge is -2.16. The van der Waals surface area contributed by atoms with Crippen molar-refractivity contribution < 1.29 is 29.3 Å². The number of rotatable bonds is 8. The summed E-state index contributed by atoms with van der Waals surface area (Å²) in [5, 5.41) is 22.3. The monoisotopic (exact) mass is 410 g/mol. The quantitative estimate of drug-likeness (QED) is 0.491. The molecule has 1 aromatic heterocycles. The lowest BCUT2D eigenvalue weighted by atomic mass is 10.1. The molecular weight excluding hydrogens is 388 g/mol. The van der Waals surface area contributed by atoms with Crippen molar-refractivity contribution in [1.29, 1.82) is 0 Å². The van der Waals surface area contributed by atoms with Crippen molar-refractivity contribution >= 4 is 28.7 Å². The van der Waals surface area contributed by atoms with Crippen LogP contribution in [0.5, 0.6) is 5.75 Å². The number of aromatic nitrogens is 1. The number of phenolic OH excluding ortho intramolecular Hbond substituents is 1. The lowest BCUT2D eigenvalue weighted by molar-refractivity contribution is -0.141. The minimum Gasteiger partial charge on any atom is -0.508 e. The molecule has 2 aromatic carbocycles. The van der Waals surface area contributed by atoms with Crippen LogP contribution >= 0.6 is 0 Å². The Bertz CT molecular complexity index is 1070. The number of carboxylic acid groups (broad SMARTS) is 1. The number of aromatic hydroxyl groups is 1. The Labute approximate surface area is 172 Å². The minimum absolute atomic E-state index is 0.0216. The van der Waals surface area contributed by atoms with Crippen LogP contribution in [0.2, 0.25) is 0 Å². The molecule has 3 rings (SSSR count). The van der Waals surface area contributed by atoms with Gasteiger partial charge >= 0.3 is 11.9 Å². The van der Waals surface area contributed by atoms with E-state index < -0.39 is 23.9 Å². The number of nitrogens with zero attached hydrogens (tertiary/aromatic N) is 1. The van der Waals surface area contributed by atoms with Crippen LogP contribution in [-0.2, 0) is 27.3 Å². The maximum Gasteiger partial charge on any atom is 0.354 e. The molecule has 0 fully saturated rings. The smallest absolute Gasteiger partial charge is 0.354 e. The number of esters is 1. The molecule has 1 amide bonds. The summed E-state index contributed by atoms with van der Waals surface area (Å²) in [5.74, 6) is -2.30. The molecule has 1 atom stereocenters. The molecule has 8 heteroatoms. The van der Waals surface area contributed by atoms with Gasteiger partial charge in [0.2, 0.25) is 5.91 Å². The van der Waals surface area contributed by atoms with Crippen LogP contribution < -0.4 is 5.32 Å². The molecule has 0 aliphatic heterocycles. The molecule has 0 radical (unpaired) electrons. The fourth-order valence-corrected chi connectivity index (χ4v) is 3.24.